The van der Waals surface area contributed by atoms with Crippen LogP contribution in [0.2, 0.25) is 0 Å². The van der Waals surface area contributed by atoms with Crippen molar-refractivity contribution in [3.8, 4) is 0 Å². The number of hydrogen-bond donors (Lipinski definition) is 1. The lowest BCUT2D eigenvalue weighted by Crippen LogP contribution is -2.52. The Balaban J connectivity index is 1.31. The Morgan fingerprint density at radius 3 is 2.31 bits per heavy atom. The minimum Gasteiger partial charge on any atom is -0.445 e. The third kappa shape index (κ3) is 4.07. The second-order valence-electron chi connectivity index (χ2n) is 7.53. The van der Waals surface area contributed by atoms with Crippen LogP contribution in [0.25, 0.3) is 0 Å². The number of carbonyl (C=O) groups is 1. The van der Waals surface area contributed by atoms with Gasteiger partial charge >= 0.3 is 6.09 Å². The van der Waals surface area contributed by atoms with E-state index < -0.39 is 0 Å². The lowest BCUT2D eigenvalue weighted by Gasteiger charge is -2.40. The van der Waals surface area contributed by atoms with Crippen molar-refractivity contribution in [3.05, 3.63) is 71.8 Å². The first-order valence-corrected chi connectivity index (χ1v) is 9.50. The van der Waals surface area contributed by atoms with E-state index in [2.05, 4.69) is 40.5 Å². The van der Waals surface area contributed by atoms with Crippen molar-refractivity contribution in [1.29, 1.82) is 0 Å². The Labute approximate surface area is 155 Å². The number of ether oxygens (including phenoxy) is 1. The summed E-state index contributed by atoms with van der Waals surface area (Å²) in [5, 5.41) is 3.07. The monoisotopic (exact) mass is 350 g/mol. The summed E-state index contributed by atoms with van der Waals surface area (Å²) in [6, 6.07) is 20.6. The number of piperidine rings is 1. The molecule has 1 spiro atoms. The average Bonchev–Trinajstić information content (AvgIpc) is 3.45. The fourth-order valence-corrected chi connectivity index (χ4v) is 3.95. The first-order valence-electron chi connectivity index (χ1n) is 9.50. The number of hydrogen-bond acceptors (Lipinski definition) is 3. The number of nitrogens with one attached hydrogen (secondary N) is 1. The lowest BCUT2D eigenvalue weighted by molar-refractivity contribution is 0.0858. The van der Waals surface area contributed by atoms with Gasteiger partial charge in [-0.05, 0) is 36.8 Å². The second kappa shape index (κ2) is 7.50. The van der Waals surface area contributed by atoms with E-state index in [0.29, 0.717) is 12.1 Å². The molecule has 1 unspecified atom stereocenters. The van der Waals surface area contributed by atoms with Crippen LogP contribution in [0.15, 0.2) is 60.7 Å². The third-order valence-electron chi connectivity index (χ3n) is 5.65. The van der Waals surface area contributed by atoms with E-state index in [-0.39, 0.29) is 12.1 Å². The minimum atomic E-state index is -0.315. The molecule has 1 aliphatic heterocycles. The van der Waals surface area contributed by atoms with Crippen molar-refractivity contribution < 1.29 is 9.53 Å². The Bertz CT molecular complexity index is 728. The van der Waals surface area contributed by atoms with Crippen molar-refractivity contribution in [2.45, 2.75) is 50.4 Å². The highest BCUT2D eigenvalue weighted by atomic mass is 16.5. The number of rotatable bonds is 5. The molecule has 4 heteroatoms. The van der Waals surface area contributed by atoms with Crippen molar-refractivity contribution in [2.24, 2.45) is 0 Å². The van der Waals surface area contributed by atoms with Crippen LogP contribution in [0.4, 0.5) is 4.79 Å². The van der Waals surface area contributed by atoms with Crippen LogP contribution in [0, 0.1) is 0 Å². The van der Waals surface area contributed by atoms with Crippen LogP contribution < -0.4 is 5.32 Å². The molecule has 1 amide bonds. The van der Waals surface area contributed by atoms with Gasteiger partial charge in [-0.2, -0.15) is 0 Å². The van der Waals surface area contributed by atoms with Crippen molar-refractivity contribution in [3.63, 3.8) is 0 Å². The Hall–Kier alpha value is -2.33. The molecule has 136 valence electrons. The summed E-state index contributed by atoms with van der Waals surface area (Å²) in [7, 11) is 0. The van der Waals surface area contributed by atoms with E-state index in [9.17, 15) is 4.79 Å². The van der Waals surface area contributed by atoms with Crippen molar-refractivity contribution >= 4 is 6.09 Å². The van der Waals surface area contributed by atoms with Crippen LogP contribution in [0.1, 0.15) is 36.8 Å². The largest absolute Gasteiger partial charge is 0.445 e. The number of likely N-dealkylation sites (tertiary alicyclic amines) is 1. The van der Waals surface area contributed by atoms with Gasteiger partial charge in [-0.1, -0.05) is 60.7 Å². The molecule has 1 saturated heterocycles. The lowest BCUT2D eigenvalue weighted by atomic mass is 9.95. The van der Waals surface area contributed by atoms with Crippen molar-refractivity contribution in [1.82, 2.24) is 10.2 Å². The quantitative estimate of drug-likeness (QED) is 0.882. The highest BCUT2D eigenvalue weighted by Gasteiger charge is 2.50. The van der Waals surface area contributed by atoms with Crippen LogP contribution in [-0.4, -0.2) is 29.1 Å². The van der Waals surface area contributed by atoms with E-state index in [1.807, 2.05) is 30.3 Å². The first kappa shape index (κ1) is 17.1. The summed E-state index contributed by atoms with van der Waals surface area (Å²) in [5.41, 5.74) is 2.72. The summed E-state index contributed by atoms with van der Waals surface area (Å²) in [5.74, 6) is 0. The van der Waals surface area contributed by atoms with Gasteiger partial charge in [0.15, 0.2) is 0 Å². The molecule has 1 heterocycles. The van der Waals surface area contributed by atoms with Gasteiger partial charge in [-0.25, -0.2) is 4.79 Å². The van der Waals surface area contributed by atoms with E-state index in [1.54, 1.807) is 0 Å². The smallest absolute Gasteiger partial charge is 0.407 e. The predicted octanol–water partition coefficient (Wildman–Crippen LogP) is 4.11. The number of benzene rings is 2. The molecule has 2 aromatic rings. The molecule has 4 rings (SSSR count). The standard InChI is InChI=1S/C22H26N2O2/c25-21(26-17-19-9-5-2-6-10-19)23-20-11-12-22(13-14-22)24(16-20)15-18-7-3-1-4-8-18/h1-10,20H,11-17H2,(H,23,25). The van der Waals surface area contributed by atoms with Gasteiger partial charge in [0.2, 0.25) is 0 Å². The van der Waals surface area contributed by atoms with Gasteiger partial charge in [0.25, 0.3) is 0 Å². The molecular weight excluding hydrogens is 324 g/mol. The summed E-state index contributed by atoms with van der Waals surface area (Å²) >= 11 is 0. The third-order valence-corrected chi connectivity index (χ3v) is 5.65. The van der Waals surface area contributed by atoms with Gasteiger partial charge in [0.05, 0.1) is 0 Å². The van der Waals surface area contributed by atoms with Crippen molar-refractivity contribution in [2.75, 3.05) is 6.54 Å². The van der Waals surface area contributed by atoms with Crippen LogP contribution in [0.3, 0.4) is 0 Å². The minimum absolute atomic E-state index is 0.160. The number of carbonyl (C=O) groups excluding carboxylic acids is 1. The molecule has 1 atom stereocenters. The van der Waals surface area contributed by atoms with Crippen LogP contribution >= 0.6 is 0 Å². The normalized spacial score (nSPS) is 21.3. The molecule has 0 bridgehead atoms. The molecule has 26 heavy (non-hydrogen) atoms. The number of amides is 1. The summed E-state index contributed by atoms with van der Waals surface area (Å²) in [6.45, 7) is 2.17. The van der Waals surface area contributed by atoms with E-state index in [0.717, 1.165) is 31.5 Å². The van der Waals surface area contributed by atoms with Gasteiger partial charge < -0.3 is 10.1 Å². The molecule has 4 nitrogen and oxygen atoms in total. The zero-order chi connectivity index (χ0) is 17.8. The highest BCUT2D eigenvalue weighted by molar-refractivity contribution is 5.67. The highest BCUT2D eigenvalue weighted by Crippen LogP contribution is 2.48. The zero-order valence-corrected chi connectivity index (χ0v) is 15.1. The maximum atomic E-state index is 12.2. The SMILES string of the molecule is O=C(NC1CCC2(CC2)N(Cc2ccccc2)C1)OCc1ccccc1. The van der Waals surface area contributed by atoms with Gasteiger partial charge in [-0.15, -0.1) is 0 Å². The fourth-order valence-electron chi connectivity index (χ4n) is 3.95. The molecule has 0 aromatic heterocycles. The fraction of sp³-hybridized carbons (Fsp3) is 0.409. The molecule has 1 saturated carbocycles. The van der Waals surface area contributed by atoms with Crippen LogP contribution in [-0.2, 0) is 17.9 Å². The van der Waals surface area contributed by atoms with Crippen LogP contribution in [0.5, 0.6) is 0 Å². The van der Waals surface area contributed by atoms with E-state index in [1.165, 1.54) is 18.4 Å². The topological polar surface area (TPSA) is 41.6 Å². The molecule has 1 N–H and O–H groups in total. The molecule has 2 fully saturated rings. The maximum Gasteiger partial charge on any atom is 0.407 e. The maximum absolute atomic E-state index is 12.2. The molecule has 2 aliphatic rings. The summed E-state index contributed by atoms with van der Waals surface area (Å²) in [4.78, 5) is 14.7. The molecule has 1 aliphatic carbocycles. The number of nitrogens with zero attached hydrogens (tertiary/aromatic N) is 1. The van der Waals surface area contributed by atoms with Gasteiger partial charge in [-0.3, -0.25) is 4.90 Å². The van der Waals surface area contributed by atoms with Gasteiger partial charge in [0, 0.05) is 24.7 Å². The summed E-state index contributed by atoms with van der Waals surface area (Å²) in [6.07, 6.45) is 4.44. The zero-order valence-electron chi connectivity index (χ0n) is 15.1. The Morgan fingerprint density at radius 1 is 1.00 bits per heavy atom. The average molecular weight is 350 g/mol. The predicted molar refractivity (Wildman–Crippen MR) is 102 cm³/mol. The second-order valence-corrected chi connectivity index (χ2v) is 7.53. The molecular formula is C22H26N2O2. The Kier molecular flexibility index (Phi) is 4.93. The molecule has 0 radical (unpaired) electrons. The summed E-state index contributed by atoms with van der Waals surface area (Å²) < 4.78 is 5.38. The number of alkyl carbamates (subject to hydrolysis) is 1. The van der Waals surface area contributed by atoms with E-state index in [4.69, 9.17) is 4.74 Å². The molecule has 2 aromatic carbocycles. The Morgan fingerprint density at radius 2 is 1.65 bits per heavy atom. The first-order chi connectivity index (χ1) is 12.7. The van der Waals surface area contributed by atoms with E-state index >= 15 is 0 Å². The van der Waals surface area contributed by atoms with Gasteiger partial charge in [0.1, 0.15) is 6.61 Å².